The second-order valence-electron chi connectivity index (χ2n) is 21.9. The molecule has 0 aromatic rings. The lowest BCUT2D eigenvalue weighted by molar-refractivity contribution is -0.870. The highest BCUT2D eigenvalue weighted by Crippen LogP contribution is 2.43. The van der Waals surface area contributed by atoms with Crippen LogP contribution in [0.4, 0.5) is 0 Å². The lowest BCUT2D eigenvalue weighted by atomic mass is 10.0. The van der Waals surface area contributed by atoms with Crippen molar-refractivity contribution in [1.29, 1.82) is 0 Å². The van der Waals surface area contributed by atoms with E-state index in [4.69, 9.17) is 13.8 Å². The van der Waals surface area contributed by atoms with Gasteiger partial charge in [0.2, 0.25) is 5.91 Å². The number of carbonyl (C=O) groups excluding carboxylic acids is 2. The normalized spacial score (nSPS) is 14.1. The molecule has 0 saturated heterocycles. The van der Waals surface area contributed by atoms with Crippen LogP contribution in [0.2, 0.25) is 0 Å². The summed E-state index contributed by atoms with van der Waals surface area (Å²) in [6, 6.07) is -0.854. The van der Waals surface area contributed by atoms with E-state index in [0.29, 0.717) is 17.4 Å². The lowest BCUT2D eigenvalue weighted by Crippen LogP contribution is -2.47. The quantitative estimate of drug-likeness (QED) is 0.0205. The minimum atomic E-state index is -4.45. The molecule has 9 nitrogen and oxygen atoms in total. The number of allylic oxidation sites excluding steroid dienone is 9. The monoisotopic (exact) mass is 1050 g/mol. The smallest absolute Gasteiger partial charge is 0.456 e. The Kier molecular flexibility index (Phi) is 51.5. The molecule has 0 saturated carbocycles. The zero-order valence-corrected chi connectivity index (χ0v) is 49.5. The standard InChI is InChI=1S/C63H117N2O7P/c1-7-10-13-16-19-22-25-28-30-31-32-33-34-35-36-38-41-44-47-50-53-56-63(67)72-61(54-51-48-45-42-39-27-24-21-18-15-12-9-3)60(59-71-73(68,69)70-58-57-65(4,5)6)64-62(66)55-52-49-46-43-40-37-29-26-23-20-17-14-11-8-2/h19,22,28,30,32-33,35-36,51,54,60-61H,7-18,20-21,23-27,29,31,34,37-50,52-53,55-59H2,1-6H3,(H-,64,66,68,69)/p+1/b22-19-,30-28-,33-32-,36-35-,54-51+. The molecule has 1 amide bonds. The maximum Gasteiger partial charge on any atom is 0.472 e. The number of rotatable bonds is 55. The third-order valence-corrected chi connectivity index (χ3v) is 14.4. The molecule has 0 radical (unpaired) electrons. The molecule has 0 spiro atoms. The molecule has 3 atom stereocenters. The van der Waals surface area contributed by atoms with Gasteiger partial charge in [-0.15, -0.1) is 0 Å². The number of nitrogens with zero attached hydrogens (tertiary/aromatic N) is 1. The zero-order chi connectivity index (χ0) is 53.6. The number of phosphoric acid groups is 1. The molecule has 73 heavy (non-hydrogen) atoms. The van der Waals surface area contributed by atoms with Gasteiger partial charge in [0.1, 0.15) is 19.3 Å². The van der Waals surface area contributed by atoms with Crippen LogP contribution >= 0.6 is 7.82 Å². The summed E-state index contributed by atoms with van der Waals surface area (Å²) in [6.45, 7) is 6.98. The highest BCUT2D eigenvalue weighted by molar-refractivity contribution is 7.47. The molecule has 0 heterocycles. The zero-order valence-electron chi connectivity index (χ0n) is 48.6. The fourth-order valence-corrected chi connectivity index (χ4v) is 9.42. The van der Waals surface area contributed by atoms with Crippen LogP contribution in [0.5, 0.6) is 0 Å². The van der Waals surface area contributed by atoms with Crippen LogP contribution in [0.25, 0.3) is 0 Å². The summed E-state index contributed by atoms with van der Waals surface area (Å²) in [6.07, 6.45) is 66.4. The molecule has 0 aliphatic heterocycles. The van der Waals surface area contributed by atoms with E-state index in [9.17, 15) is 19.0 Å². The SMILES string of the molecule is CCCCC/C=C\C/C=C\C/C=C\C/C=C\CCCCCCCC(=O)OC(/C=C/CCCCCCCCCCCC)C(COP(=O)(O)OCC[N+](C)(C)C)NC(=O)CCCCCCCCCCCCCCCC. The van der Waals surface area contributed by atoms with Gasteiger partial charge in [-0.05, 0) is 76.7 Å². The average Bonchev–Trinajstić information content (AvgIpc) is 3.35. The predicted molar refractivity (Wildman–Crippen MR) is 314 cm³/mol. The van der Waals surface area contributed by atoms with E-state index in [2.05, 4.69) is 74.7 Å². The van der Waals surface area contributed by atoms with Gasteiger partial charge in [0.15, 0.2) is 0 Å². The van der Waals surface area contributed by atoms with Crippen LogP contribution in [0, 0.1) is 0 Å². The van der Waals surface area contributed by atoms with E-state index >= 15 is 0 Å². The van der Waals surface area contributed by atoms with E-state index in [1.54, 1.807) is 0 Å². The van der Waals surface area contributed by atoms with Gasteiger partial charge in [0.05, 0.1) is 33.8 Å². The van der Waals surface area contributed by atoms with Crippen molar-refractivity contribution in [3.63, 3.8) is 0 Å². The Labute approximate surface area is 451 Å². The van der Waals surface area contributed by atoms with Crippen LogP contribution in [-0.2, 0) is 27.9 Å². The number of ether oxygens (including phenoxy) is 1. The van der Waals surface area contributed by atoms with Crippen LogP contribution in [-0.4, -0.2) is 74.3 Å². The molecular formula is C63H118N2O7P+. The van der Waals surface area contributed by atoms with Gasteiger partial charge in [-0.3, -0.25) is 18.6 Å². The number of amides is 1. The van der Waals surface area contributed by atoms with Crippen molar-refractivity contribution in [3.05, 3.63) is 60.8 Å². The summed E-state index contributed by atoms with van der Waals surface area (Å²) in [5, 5.41) is 3.05. The Morgan fingerprint density at radius 3 is 1.27 bits per heavy atom. The van der Waals surface area contributed by atoms with Crippen molar-refractivity contribution in [2.75, 3.05) is 40.9 Å². The van der Waals surface area contributed by atoms with Crippen LogP contribution < -0.4 is 5.32 Å². The maximum atomic E-state index is 13.5. The van der Waals surface area contributed by atoms with E-state index in [-0.39, 0.29) is 31.5 Å². The predicted octanol–water partition coefficient (Wildman–Crippen LogP) is 18.7. The van der Waals surface area contributed by atoms with Crippen LogP contribution in [0.1, 0.15) is 278 Å². The van der Waals surface area contributed by atoms with Crippen molar-refractivity contribution in [2.45, 2.75) is 290 Å². The lowest BCUT2D eigenvalue weighted by Gasteiger charge is -2.27. The van der Waals surface area contributed by atoms with Gasteiger partial charge in [-0.1, -0.05) is 249 Å². The molecule has 0 rings (SSSR count). The van der Waals surface area contributed by atoms with Gasteiger partial charge < -0.3 is 19.4 Å². The van der Waals surface area contributed by atoms with Gasteiger partial charge in [0, 0.05) is 12.8 Å². The summed E-state index contributed by atoms with van der Waals surface area (Å²) in [7, 11) is 1.49. The highest BCUT2D eigenvalue weighted by atomic mass is 31.2. The molecule has 0 aromatic carbocycles. The van der Waals surface area contributed by atoms with Gasteiger partial charge in [0.25, 0.3) is 0 Å². The molecule has 0 bridgehead atoms. The van der Waals surface area contributed by atoms with Crippen LogP contribution in [0.3, 0.4) is 0 Å². The number of quaternary nitrogens is 1. The summed E-state index contributed by atoms with van der Waals surface area (Å²) in [5.74, 6) is -0.520. The second kappa shape index (κ2) is 53.1. The molecule has 3 unspecified atom stereocenters. The summed E-state index contributed by atoms with van der Waals surface area (Å²) in [5.41, 5.74) is 0. The molecule has 0 aromatic heterocycles. The molecular weight excluding hydrogens is 928 g/mol. The first-order valence-corrected chi connectivity index (χ1v) is 32.1. The van der Waals surface area contributed by atoms with Crippen molar-refractivity contribution in [1.82, 2.24) is 5.32 Å². The van der Waals surface area contributed by atoms with E-state index in [1.165, 1.54) is 148 Å². The largest absolute Gasteiger partial charge is 0.472 e. The van der Waals surface area contributed by atoms with Crippen molar-refractivity contribution in [3.8, 4) is 0 Å². The Morgan fingerprint density at radius 2 is 0.836 bits per heavy atom. The van der Waals surface area contributed by atoms with Crippen molar-refractivity contribution >= 4 is 19.7 Å². The number of likely N-dealkylation sites (N-methyl/N-ethyl adjacent to an activating group) is 1. The number of unbranched alkanes of at least 4 members (excludes halogenated alkanes) is 31. The van der Waals surface area contributed by atoms with E-state index in [0.717, 1.165) is 96.3 Å². The molecule has 2 N–H and O–H groups in total. The Bertz CT molecular complexity index is 1440. The number of esters is 1. The first kappa shape index (κ1) is 70.7. The number of hydrogen-bond donors (Lipinski definition) is 2. The fraction of sp³-hybridized carbons (Fsp3) is 0.810. The second-order valence-corrected chi connectivity index (χ2v) is 23.3. The summed E-state index contributed by atoms with van der Waals surface area (Å²) < 4.78 is 30.7. The fourth-order valence-electron chi connectivity index (χ4n) is 8.69. The number of hydrogen-bond acceptors (Lipinski definition) is 6. The van der Waals surface area contributed by atoms with Gasteiger partial charge in [-0.2, -0.15) is 0 Å². The highest BCUT2D eigenvalue weighted by Gasteiger charge is 2.30. The molecule has 0 aliphatic rings. The van der Waals surface area contributed by atoms with E-state index in [1.807, 2.05) is 33.3 Å². The minimum absolute atomic E-state index is 0.0368. The van der Waals surface area contributed by atoms with Crippen molar-refractivity contribution < 1.29 is 37.3 Å². The van der Waals surface area contributed by atoms with Crippen LogP contribution in [0.15, 0.2) is 60.8 Å². The maximum absolute atomic E-state index is 13.5. The summed E-state index contributed by atoms with van der Waals surface area (Å²) in [4.78, 5) is 37.7. The Morgan fingerprint density at radius 1 is 0.479 bits per heavy atom. The number of phosphoric ester groups is 1. The molecule has 10 heteroatoms. The van der Waals surface area contributed by atoms with Crippen molar-refractivity contribution in [2.24, 2.45) is 0 Å². The minimum Gasteiger partial charge on any atom is -0.456 e. The first-order chi connectivity index (χ1) is 35.4. The number of carbonyl (C=O) groups is 2. The average molecular weight is 1050 g/mol. The first-order valence-electron chi connectivity index (χ1n) is 30.6. The third kappa shape index (κ3) is 54.3. The van der Waals surface area contributed by atoms with Gasteiger partial charge in [-0.25, -0.2) is 4.57 Å². The Balaban J connectivity index is 5.29. The summed E-state index contributed by atoms with van der Waals surface area (Å²) >= 11 is 0. The molecule has 0 aliphatic carbocycles. The Hall–Kier alpha value is -2.29. The molecule has 0 fully saturated rings. The third-order valence-electron chi connectivity index (χ3n) is 13.5. The number of nitrogens with one attached hydrogen (secondary N) is 1. The topological polar surface area (TPSA) is 111 Å². The molecule has 426 valence electrons. The van der Waals surface area contributed by atoms with E-state index < -0.39 is 20.0 Å². The van der Waals surface area contributed by atoms with Gasteiger partial charge >= 0.3 is 13.8 Å².